The lowest BCUT2D eigenvalue weighted by atomic mass is 9.94. The van der Waals surface area contributed by atoms with Gasteiger partial charge >= 0.3 is 5.97 Å². The van der Waals surface area contributed by atoms with E-state index < -0.39 is 21.5 Å². The van der Waals surface area contributed by atoms with E-state index in [1.54, 1.807) is 0 Å². The fourth-order valence-corrected chi connectivity index (χ4v) is 6.86. The Bertz CT molecular complexity index is 1490. The molecule has 2 aliphatic heterocycles. The van der Waals surface area contributed by atoms with Crippen molar-refractivity contribution >= 4 is 15.8 Å². The van der Waals surface area contributed by atoms with Crippen molar-refractivity contribution in [1.82, 2.24) is 0 Å². The van der Waals surface area contributed by atoms with Gasteiger partial charge in [-0.1, -0.05) is 18.2 Å². The first kappa shape index (κ1) is 28.0. The van der Waals surface area contributed by atoms with Gasteiger partial charge in [0.2, 0.25) is 0 Å². The van der Waals surface area contributed by atoms with Crippen molar-refractivity contribution < 1.29 is 37.3 Å². The first-order chi connectivity index (χ1) is 19.0. The molecule has 8 nitrogen and oxygen atoms in total. The predicted molar refractivity (Wildman–Crippen MR) is 150 cm³/mol. The summed E-state index contributed by atoms with van der Waals surface area (Å²) in [5, 5.41) is 10.8. The Balaban J connectivity index is 1.24. The van der Waals surface area contributed by atoms with E-state index in [2.05, 4.69) is 12.1 Å². The summed E-state index contributed by atoms with van der Waals surface area (Å²) in [6.07, 6.45) is -0.0153. The number of hydrogen-bond donors (Lipinski definition) is 1. The largest absolute Gasteiger partial charge is 0.491 e. The van der Waals surface area contributed by atoms with Gasteiger partial charge in [-0.3, -0.25) is 4.79 Å². The van der Waals surface area contributed by atoms with E-state index in [9.17, 15) is 18.3 Å². The molecule has 0 amide bonds. The van der Waals surface area contributed by atoms with E-state index in [0.29, 0.717) is 30.5 Å². The molecule has 1 N–H and O–H groups in total. The first-order valence-electron chi connectivity index (χ1n) is 13.3. The fourth-order valence-electron chi connectivity index (χ4n) is 5.27. The van der Waals surface area contributed by atoms with E-state index in [1.807, 2.05) is 56.3 Å². The highest BCUT2D eigenvalue weighted by atomic mass is 32.2. The maximum atomic E-state index is 11.7. The van der Waals surface area contributed by atoms with Gasteiger partial charge in [-0.05, 0) is 84.8 Å². The molecule has 3 aromatic rings. The third-order valence-corrected chi connectivity index (χ3v) is 9.07. The number of aryl methyl sites for hydroxylation is 2. The zero-order valence-electron chi connectivity index (χ0n) is 22.9. The quantitative estimate of drug-likeness (QED) is 0.385. The minimum absolute atomic E-state index is 0.0132. The summed E-state index contributed by atoms with van der Waals surface area (Å²) < 4.78 is 46.4. The Morgan fingerprint density at radius 3 is 2.42 bits per heavy atom. The second kappa shape index (κ2) is 11.1. The van der Waals surface area contributed by atoms with E-state index in [-0.39, 0.29) is 36.9 Å². The summed E-state index contributed by atoms with van der Waals surface area (Å²) in [5.74, 6) is 1.61. The maximum Gasteiger partial charge on any atom is 0.303 e. The van der Waals surface area contributed by atoms with Crippen LogP contribution in [0.3, 0.4) is 0 Å². The maximum absolute atomic E-state index is 11.7. The number of carbonyl (C=O) groups is 1. The van der Waals surface area contributed by atoms with Crippen molar-refractivity contribution in [2.75, 3.05) is 24.7 Å². The Labute approximate surface area is 234 Å². The standard InChI is InChI=1S/C31H34O8S/c1-20-13-26(38-19-31(33)9-11-40(34,35)12-10-31)14-21(2)30(20)24-6-4-5-23(15-24)17-36-25-7-8-27-28(16-25)37-18-29(27)39-22(3)32/h4-8,13-16,29,33H,9-12,17-19H2,1-3H3. The van der Waals surface area contributed by atoms with Crippen LogP contribution in [0.5, 0.6) is 17.2 Å². The van der Waals surface area contributed by atoms with Gasteiger partial charge in [0.1, 0.15) is 42.7 Å². The number of fused-ring (bicyclic) bond motifs is 1. The first-order valence-corrected chi connectivity index (χ1v) is 15.2. The number of ether oxygens (including phenoxy) is 4. The van der Waals surface area contributed by atoms with Crippen molar-refractivity contribution in [1.29, 1.82) is 0 Å². The summed E-state index contributed by atoms with van der Waals surface area (Å²) in [6.45, 7) is 6.16. The molecule has 2 aliphatic rings. The minimum Gasteiger partial charge on any atom is -0.491 e. The van der Waals surface area contributed by atoms with Crippen LogP contribution in [0.2, 0.25) is 0 Å². The van der Waals surface area contributed by atoms with Crippen molar-refractivity contribution in [3.8, 4) is 28.4 Å². The molecule has 0 aliphatic carbocycles. The van der Waals surface area contributed by atoms with Crippen LogP contribution in [0.15, 0.2) is 54.6 Å². The molecule has 40 heavy (non-hydrogen) atoms. The third-order valence-electron chi connectivity index (χ3n) is 7.42. The van der Waals surface area contributed by atoms with E-state index >= 15 is 0 Å². The van der Waals surface area contributed by atoms with Crippen LogP contribution in [0.25, 0.3) is 11.1 Å². The molecule has 5 rings (SSSR count). The minimum atomic E-state index is -3.06. The smallest absolute Gasteiger partial charge is 0.303 e. The van der Waals surface area contributed by atoms with Crippen molar-refractivity contribution in [2.24, 2.45) is 0 Å². The molecular weight excluding hydrogens is 532 g/mol. The molecule has 2 heterocycles. The number of esters is 1. The number of benzene rings is 3. The van der Waals surface area contributed by atoms with Crippen LogP contribution in [-0.2, 0) is 26.0 Å². The number of hydrogen-bond acceptors (Lipinski definition) is 8. The topological polar surface area (TPSA) is 108 Å². The fraction of sp³-hybridized carbons (Fsp3) is 0.387. The molecule has 3 aromatic carbocycles. The molecule has 9 heteroatoms. The summed E-state index contributed by atoms with van der Waals surface area (Å²) in [6, 6.07) is 17.6. The van der Waals surface area contributed by atoms with Gasteiger partial charge in [0.15, 0.2) is 15.9 Å². The molecule has 0 spiro atoms. The van der Waals surface area contributed by atoms with Crippen LogP contribution in [0, 0.1) is 13.8 Å². The molecule has 0 bridgehead atoms. The lowest BCUT2D eigenvalue weighted by Gasteiger charge is -2.31. The molecule has 0 aromatic heterocycles. The Kier molecular flexibility index (Phi) is 7.79. The highest BCUT2D eigenvalue weighted by Gasteiger charge is 2.36. The molecule has 0 saturated carbocycles. The van der Waals surface area contributed by atoms with Gasteiger partial charge in [-0.2, -0.15) is 0 Å². The van der Waals surface area contributed by atoms with Crippen LogP contribution in [-0.4, -0.2) is 49.8 Å². The van der Waals surface area contributed by atoms with Gasteiger partial charge in [0.25, 0.3) is 0 Å². The lowest BCUT2D eigenvalue weighted by Crippen LogP contribution is -2.43. The van der Waals surface area contributed by atoms with Gasteiger partial charge in [-0.15, -0.1) is 0 Å². The Morgan fingerprint density at radius 1 is 1.00 bits per heavy atom. The molecule has 1 unspecified atom stereocenters. The van der Waals surface area contributed by atoms with E-state index in [4.69, 9.17) is 18.9 Å². The van der Waals surface area contributed by atoms with Gasteiger partial charge < -0.3 is 24.1 Å². The highest BCUT2D eigenvalue weighted by Crippen LogP contribution is 2.38. The third kappa shape index (κ3) is 6.42. The van der Waals surface area contributed by atoms with Crippen LogP contribution in [0.4, 0.5) is 0 Å². The van der Waals surface area contributed by atoms with Crippen molar-refractivity contribution in [2.45, 2.75) is 51.9 Å². The van der Waals surface area contributed by atoms with Crippen molar-refractivity contribution in [3.63, 3.8) is 0 Å². The second-order valence-electron chi connectivity index (χ2n) is 10.7. The van der Waals surface area contributed by atoms with E-state index in [1.165, 1.54) is 6.92 Å². The Morgan fingerprint density at radius 2 is 1.73 bits per heavy atom. The van der Waals surface area contributed by atoms with Crippen LogP contribution < -0.4 is 14.2 Å². The molecule has 212 valence electrons. The van der Waals surface area contributed by atoms with Gasteiger partial charge in [-0.25, -0.2) is 8.42 Å². The van der Waals surface area contributed by atoms with Crippen LogP contribution in [0.1, 0.15) is 48.1 Å². The number of carbonyl (C=O) groups excluding carboxylic acids is 1. The Hall–Kier alpha value is -3.56. The van der Waals surface area contributed by atoms with E-state index in [0.717, 1.165) is 33.4 Å². The van der Waals surface area contributed by atoms with Gasteiger partial charge in [0.05, 0.1) is 11.5 Å². The summed E-state index contributed by atoms with van der Waals surface area (Å²) in [5.41, 5.74) is 4.93. The summed E-state index contributed by atoms with van der Waals surface area (Å²) >= 11 is 0. The molecule has 0 radical (unpaired) electrons. The molecule has 1 saturated heterocycles. The molecule has 1 fully saturated rings. The number of rotatable bonds is 8. The summed E-state index contributed by atoms with van der Waals surface area (Å²) in [7, 11) is -3.06. The normalized spacial score (nSPS) is 18.9. The van der Waals surface area contributed by atoms with Crippen LogP contribution >= 0.6 is 0 Å². The average molecular weight is 567 g/mol. The number of aliphatic hydroxyl groups is 1. The highest BCUT2D eigenvalue weighted by molar-refractivity contribution is 7.91. The molecular formula is C31H34O8S. The second-order valence-corrected chi connectivity index (χ2v) is 13.0. The van der Waals surface area contributed by atoms with Crippen molar-refractivity contribution in [3.05, 3.63) is 76.9 Å². The zero-order valence-corrected chi connectivity index (χ0v) is 23.8. The predicted octanol–water partition coefficient (Wildman–Crippen LogP) is 4.86. The number of sulfone groups is 1. The monoisotopic (exact) mass is 566 g/mol. The lowest BCUT2D eigenvalue weighted by molar-refractivity contribution is -0.147. The molecule has 1 atom stereocenters. The SMILES string of the molecule is CC(=O)OC1COc2cc(OCc3cccc(-c4c(C)cc(OCC5(O)CCS(=O)(=O)CC5)cc4C)c3)ccc21. The average Bonchev–Trinajstić information content (AvgIpc) is 3.29. The zero-order chi connectivity index (χ0) is 28.5. The summed E-state index contributed by atoms with van der Waals surface area (Å²) in [4.78, 5) is 11.3. The van der Waals surface area contributed by atoms with Gasteiger partial charge in [0, 0.05) is 18.6 Å².